The standard InChI is InChI=1S/C10H22N2O2/c1-5-8(6-11)9(14)12-10(3,4)7(2)13/h7-8,13H,5-6,11H2,1-4H3,(H,12,14). The first-order valence-electron chi connectivity index (χ1n) is 5.05. The minimum Gasteiger partial charge on any atom is -0.391 e. The van der Waals surface area contributed by atoms with Crippen molar-refractivity contribution in [1.29, 1.82) is 0 Å². The molecule has 0 rings (SSSR count). The number of carbonyl (C=O) groups excluding carboxylic acids is 1. The Morgan fingerprint density at radius 2 is 2.07 bits per heavy atom. The van der Waals surface area contributed by atoms with Crippen LogP contribution < -0.4 is 11.1 Å². The van der Waals surface area contributed by atoms with Gasteiger partial charge in [-0.05, 0) is 27.2 Å². The fraction of sp³-hybridized carbons (Fsp3) is 0.900. The molecule has 0 radical (unpaired) electrons. The molecule has 0 aliphatic carbocycles. The second-order valence-electron chi connectivity index (χ2n) is 4.23. The normalized spacial score (nSPS) is 16.1. The summed E-state index contributed by atoms with van der Waals surface area (Å²) < 4.78 is 0. The highest BCUT2D eigenvalue weighted by molar-refractivity contribution is 5.79. The van der Waals surface area contributed by atoms with E-state index in [-0.39, 0.29) is 11.8 Å². The van der Waals surface area contributed by atoms with E-state index >= 15 is 0 Å². The van der Waals surface area contributed by atoms with Crippen molar-refractivity contribution in [3.8, 4) is 0 Å². The summed E-state index contributed by atoms with van der Waals surface area (Å²) in [5.41, 5.74) is 4.86. The van der Waals surface area contributed by atoms with Gasteiger partial charge in [0.2, 0.25) is 5.91 Å². The summed E-state index contributed by atoms with van der Waals surface area (Å²) in [6.07, 6.45) is 0.139. The molecule has 0 aromatic rings. The third-order valence-corrected chi connectivity index (χ3v) is 2.64. The topological polar surface area (TPSA) is 75.4 Å². The average molecular weight is 202 g/mol. The van der Waals surface area contributed by atoms with Crippen molar-refractivity contribution in [2.45, 2.75) is 45.8 Å². The molecule has 0 aliphatic rings. The number of aliphatic hydroxyl groups is 1. The molecule has 0 spiro atoms. The summed E-state index contributed by atoms with van der Waals surface area (Å²) in [6, 6.07) is 0. The van der Waals surface area contributed by atoms with Gasteiger partial charge in [-0.25, -0.2) is 0 Å². The number of hydrogen-bond donors (Lipinski definition) is 3. The van der Waals surface area contributed by atoms with E-state index in [1.807, 2.05) is 6.92 Å². The fourth-order valence-electron chi connectivity index (χ4n) is 0.983. The highest BCUT2D eigenvalue weighted by Crippen LogP contribution is 2.10. The second kappa shape index (κ2) is 5.32. The predicted octanol–water partition coefficient (Wildman–Crippen LogP) is 0.247. The maximum absolute atomic E-state index is 11.6. The Balaban J connectivity index is 4.30. The van der Waals surface area contributed by atoms with Crippen LogP contribution in [-0.4, -0.2) is 29.2 Å². The second-order valence-corrected chi connectivity index (χ2v) is 4.23. The molecule has 1 amide bonds. The molecule has 4 nitrogen and oxygen atoms in total. The quantitative estimate of drug-likeness (QED) is 0.598. The lowest BCUT2D eigenvalue weighted by molar-refractivity contribution is -0.127. The highest BCUT2D eigenvalue weighted by Gasteiger charge is 2.28. The number of hydrogen-bond acceptors (Lipinski definition) is 3. The Morgan fingerprint density at radius 3 is 2.36 bits per heavy atom. The summed E-state index contributed by atoms with van der Waals surface area (Å²) in [4.78, 5) is 11.6. The number of amides is 1. The Hall–Kier alpha value is -0.610. The van der Waals surface area contributed by atoms with Gasteiger partial charge in [-0.1, -0.05) is 6.92 Å². The number of carbonyl (C=O) groups is 1. The molecular formula is C10H22N2O2. The van der Waals surface area contributed by atoms with Crippen molar-refractivity contribution in [3.05, 3.63) is 0 Å². The summed E-state index contributed by atoms with van der Waals surface area (Å²) in [7, 11) is 0. The lowest BCUT2D eigenvalue weighted by atomic mass is 9.96. The third-order valence-electron chi connectivity index (χ3n) is 2.64. The molecule has 0 saturated heterocycles. The van der Waals surface area contributed by atoms with E-state index in [2.05, 4.69) is 5.32 Å². The summed E-state index contributed by atoms with van der Waals surface area (Å²) >= 11 is 0. The van der Waals surface area contributed by atoms with Crippen LogP contribution in [0.25, 0.3) is 0 Å². The molecule has 14 heavy (non-hydrogen) atoms. The summed E-state index contributed by atoms with van der Waals surface area (Å²) in [5, 5.41) is 12.2. The molecule has 0 bridgehead atoms. The molecule has 2 atom stereocenters. The molecular weight excluding hydrogens is 180 g/mol. The number of nitrogens with one attached hydrogen (secondary N) is 1. The Labute approximate surface area is 85.9 Å². The van der Waals surface area contributed by atoms with Gasteiger partial charge in [-0.2, -0.15) is 0 Å². The lowest BCUT2D eigenvalue weighted by Gasteiger charge is -2.30. The Kier molecular flexibility index (Phi) is 5.08. The Morgan fingerprint density at radius 1 is 1.57 bits per heavy atom. The Bertz CT molecular complexity index is 187. The van der Waals surface area contributed by atoms with Gasteiger partial charge in [0, 0.05) is 12.5 Å². The minimum absolute atomic E-state index is 0.0825. The van der Waals surface area contributed by atoms with E-state index in [1.54, 1.807) is 20.8 Å². The van der Waals surface area contributed by atoms with Crippen LogP contribution in [0.1, 0.15) is 34.1 Å². The van der Waals surface area contributed by atoms with Gasteiger partial charge in [-0.3, -0.25) is 4.79 Å². The van der Waals surface area contributed by atoms with Gasteiger partial charge in [0.05, 0.1) is 11.6 Å². The molecule has 4 heteroatoms. The van der Waals surface area contributed by atoms with E-state index in [1.165, 1.54) is 0 Å². The summed E-state index contributed by atoms with van der Waals surface area (Å²) in [5.74, 6) is -0.242. The van der Waals surface area contributed by atoms with Crippen LogP contribution in [0.4, 0.5) is 0 Å². The average Bonchev–Trinajstić information content (AvgIpc) is 2.05. The van der Waals surface area contributed by atoms with Gasteiger partial charge >= 0.3 is 0 Å². The first kappa shape index (κ1) is 13.4. The molecule has 84 valence electrons. The lowest BCUT2D eigenvalue weighted by Crippen LogP contribution is -2.53. The fourth-order valence-corrected chi connectivity index (χ4v) is 0.983. The maximum Gasteiger partial charge on any atom is 0.224 e. The molecule has 0 aromatic carbocycles. The third kappa shape index (κ3) is 3.64. The maximum atomic E-state index is 11.6. The van der Waals surface area contributed by atoms with E-state index in [0.717, 1.165) is 6.42 Å². The van der Waals surface area contributed by atoms with Crippen molar-refractivity contribution in [2.75, 3.05) is 6.54 Å². The zero-order chi connectivity index (χ0) is 11.4. The van der Waals surface area contributed by atoms with Crippen molar-refractivity contribution < 1.29 is 9.90 Å². The molecule has 0 aromatic heterocycles. The van der Waals surface area contributed by atoms with Gasteiger partial charge in [-0.15, -0.1) is 0 Å². The number of rotatable bonds is 5. The van der Waals surface area contributed by atoms with Crippen LogP contribution in [0.15, 0.2) is 0 Å². The first-order valence-corrected chi connectivity index (χ1v) is 5.05. The molecule has 2 unspecified atom stereocenters. The molecule has 0 heterocycles. The SMILES string of the molecule is CCC(CN)C(=O)NC(C)(C)C(C)O. The van der Waals surface area contributed by atoms with Crippen LogP contribution in [0.5, 0.6) is 0 Å². The van der Waals surface area contributed by atoms with Crippen molar-refractivity contribution in [2.24, 2.45) is 11.7 Å². The van der Waals surface area contributed by atoms with Crippen molar-refractivity contribution >= 4 is 5.91 Å². The molecule has 4 N–H and O–H groups in total. The predicted molar refractivity (Wildman–Crippen MR) is 56.7 cm³/mol. The molecule has 0 fully saturated rings. The zero-order valence-electron chi connectivity index (χ0n) is 9.50. The van der Waals surface area contributed by atoms with Crippen LogP contribution in [-0.2, 0) is 4.79 Å². The number of aliphatic hydroxyl groups excluding tert-OH is 1. The largest absolute Gasteiger partial charge is 0.391 e. The zero-order valence-corrected chi connectivity index (χ0v) is 9.50. The van der Waals surface area contributed by atoms with Crippen molar-refractivity contribution in [1.82, 2.24) is 5.32 Å². The van der Waals surface area contributed by atoms with Gasteiger partial charge in [0.15, 0.2) is 0 Å². The van der Waals surface area contributed by atoms with E-state index in [9.17, 15) is 9.90 Å². The van der Waals surface area contributed by atoms with E-state index in [4.69, 9.17) is 5.73 Å². The van der Waals surface area contributed by atoms with E-state index < -0.39 is 11.6 Å². The van der Waals surface area contributed by atoms with Crippen LogP contribution >= 0.6 is 0 Å². The minimum atomic E-state index is -0.598. The van der Waals surface area contributed by atoms with Crippen LogP contribution in [0.2, 0.25) is 0 Å². The van der Waals surface area contributed by atoms with Crippen molar-refractivity contribution in [3.63, 3.8) is 0 Å². The number of nitrogens with two attached hydrogens (primary N) is 1. The smallest absolute Gasteiger partial charge is 0.224 e. The van der Waals surface area contributed by atoms with E-state index in [0.29, 0.717) is 6.54 Å². The van der Waals surface area contributed by atoms with Crippen LogP contribution in [0.3, 0.4) is 0 Å². The van der Waals surface area contributed by atoms with Crippen LogP contribution in [0, 0.1) is 5.92 Å². The summed E-state index contributed by atoms with van der Waals surface area (Å²) in [6.45, 7) is 7.51. The monoisotopic (exact) mass is 202 g/mol. The molecule has 0 saturated carbocycles. The molecule has 0 aliphatic heterocycles. The van der Waals surface area contributed by atoms with Gasteiger partial charge in [0.25, 0.3) is 0 Å². The van der Waals surface area contributed by atoms with Gasteiger partial charge in [0.1, 0.15) is 0 Å². The van der Waals surface area contributed by atoms with Gasteiger partial charge < -0.3 is 16.2 Å². The highest BCUT2D eigenvalue weighted by atomic mass is 16.3. The first-order chi connectivity index (χ1) is 6.35.